The number of hydrogen-bond donors (Lipinski definition) is 1. The maximum absolute atomic E-state index is 13.7. The summed E-state index contributed by atoms with van der Waals surface area (Å²) in [4.78, 5) is 42.5. The van der Waals surface area contributed by atoms with Gasteiger partial charge in [0.25, 0.3) is 11.8 Å². The van der Waals surface area contributed by atoms with Crippen LogP contribution in [0.3, 0.4) is 0 Å². The van der Waals surface area contributed by atoms with Crippen molar-refractivity contribution < 1.29 is 22.8 Å². The average Bonchev–Trinajstić information content (AvgIpc) is 3.13. The Bertz CT molecular complexity index is 1370. The van der Waals surface area contributed by atoms with Gasteiger partial charge in [-0.2, -0.15) is 0 Å². The minimum absolute atomic E-state index is 0.134. The third kappa shape index (κ3) is 4.87. The number of aryl methyl sites for hydroxylation is 1. The van der Waals surface area contributed by atoms with Crippen molar-refractivity contribution in [1.29, 1.82) is 0 Å². The number of amides is 3. The van der Waals surface area contributed by atoms with E-state index in [0.29, 0.717) is 5.56 Å². The molecule has 180 valence electrons. The van der Waals surface area contributed by atoms with Gasteiger partial charge in [-0.3, -0.25) is 14.4 Å². The standard InChI is InChI=1S/C26H25N3O5S/c1-17-8-10-20(11-9-17)25(31)28(18(2)19-6-4-3-5-7-19)23-16-24(30)29(26(23)32)21-12-14-22(15-13-21)35(27,33)34/h3-15,18,23H,16H2,1-2H3,(H2,27,33,34). The van der Waals surface area contributed by atoms with E-state index in [1.165, 1.54) is 29.2 Å². The van der Waals surface area contributed by atoms with Crippen molar-refractivity contribution in [3.8, 4) is 0 Å². The number of nitrogens with zero attached hydrogens (tertiary/aromatic N) is 2. The van der Waals surface area contributed by atoms with Gasteiger partial charge in [-0.15, -0.1) is 0 Å². The first kappa shape index (κ1) is 24.3. The van der Waals surface area contributed by atoms with Gasteiger partial charge in [-0.1, -0.05) is 48.0 Å². The Hall–Kier alpha value is -3.82. The fourth-order valence-corrected chi connectivity index (χ4v) is 4.73. The van der Waals surface area contributed by atoms with Gasteiger partial charge < -0.3 is 4.90 Å². The number of carbonyl (C=O) groups excluding carboxylic acids is 3. The monoisotopic (exact) mass is 491 g/mol. The lowest BCUT2D eigenvalue weighted by Gasteiger charge is -2.33. The molecule has 1 aliphatic rings. The van der Waals surface area contributed by atoms with Crippen LogP contribution in [0.1, 0.15) is 40.9 Å². The van der Waals surface area contributed by atoms with Crippen molar-refractivity contribution in [1.82, 2.24) is 4.90 Å². The number of imide groups is 1. The van der Waals surface area contributed by atoms with Crippen molar-refractivity contribution in [2.75, 3.05) is 4.90 Å². The molecule has 0 spiro atoms. The summed E-state index contributed by atoms with van der Waals surface area (Å²) in [6, 6.07) is 20.0. The first-order chi connectivity index (χ1) is 16.6. The van der Waals surface area contributed by atoms with Crippen LogP contribution in [-0.2, 0) is 19.6 Å². The molecule has 0 aliphatic carbocycles. The molecule has 9 heteroatoms. The highest BCUT2D eigenvalue weighted by Gasteiger charge is 2.46. The third-order valence-corrected chi connectivity index (χ3v) is 7.04. The normalized spacial score (nSPS) is 16.9. The Morgan fingerprint density at radius 1 is 0.971 bits per heavy atom. The van der Waals surface area contributed by atoms with Crippen LogP contribution in [0.25, 0.3) is 0 Å². The number of benzene rings is 3. The van der Waals surface area contributed by atoms with E-state index >= 15 is 0 Å². The largest absolute Gasteiger partial charge is 0.319 e. The van der Waals surface area contributed by atoms with Gasteiger partial charge in [0.2, 0.25) is 15.9 Å². The second kappa shape index (κ2) is 9.44. The van der Waals surface area contributed by atoms with Gasteiger partial charge in [-0.25, -0.2) is 18.5 Å². The van der Waals surface area contributed by atoms with Crippen molar-refractivity contribution in [2.45, 2.75) is 37.2 Å². The fraction of sp³-hybridized carbons (Fsp3) is 0.192. The second-order valence-electron chi connectivity index (χ2n) is 8.49. The van der Waals surface area contributed by atoms with E-state index in [9.17, 15) is 22.8 Å². The molecule has 3 aromatic rings. The molecule has 2 N–H and O–H groups in total. The minimum atomic E-state index is -3.92. The van der Waals surface area contributed by atoms with Crippen LogP contribution in [0.15, 0.2) is 83.8 Å². The quantitative estimate of drug-likeness (QED) is 0.532. The highest BCUT2D eigenvalue weighted by Crippen LogP contribution is 2.32. The van der Waals surface area contributed by atoms with Gasteiger partial charge in [0.1, 0.15) is 6.04 Å². The number of anilines is 1. The van der Waals surface area contributed by atoms with E-state index in [-0.39, 0.29) is 22.9 Å². The molecule has 35 heavy (non-hydrogen) atoms. The number of nitrogens with two attached hydrogens (primary N) is 1. The first-order valence-electron chi connectivity index (χ1n) is 11.0. The summed E-state index contributed by atoms with van der Waals surface area (Å²) in [7, 11) is -3.92. The molecule has 8 nitrogen and oxygen atoms in total. The van der Waals surface area contributed by atoms with Gasteiger partial charge in [0.15, 0.2) is 0 Å². The Kier molecular flexibility index (Phi) is 6.56. The molecule has 2 unspecified atom stereocenters. The maximum atomic E-state index is 13.7. The molecular formula is C26H25N3O5S. The molecule has 3 amide bonds. The second-order valence-corrected chi connectivity index (χ2v) is 10.1. The summed E-state index contributed by atoms with van der Waals surface area (Å²) in [5.74, 6) is -1.40. The smallest absolute Gasteiger partial charge is 0.257 e. The summed E-state index contributed by atoms with van der Waals surface area (Å²) in [6.45, 7) is 3.74. The molecule has 1 saturated heterocycles. The van der Waals surface area contributed by atoms with Crippen molar-refractivity contribution in [3.05, 3.63) is 95.6 Å². The van der Waals surface area contributed by atoms with Crippen molar-refractivity contribution in [3.63, 3.8) is 0 Å². The summed E-state index contributed by atoms with van der Waals surface area (Å²) >= 11 is 0. The van der Waals surface area contributed by atoms with E-state index < -0.39 is 33.9 Å². The van der Waals surface area contributed by atoms with Crippen molar-refractivity contribution >= 4 is 33.4 Å². The molecule has 0 bridgehead atoms. The van der Waals surface area contributed by atoms with E-state index in [1.807, 2.05) is 56.3 Å². The Morgan fingerprint density at radius 3 is 2.14 bits per heavy atom. The van der Waals surface area contributed by atoms with E-state index in [4.69, 9.17) is 5.14 Å². The average molecular weight is 492 g/mol. The zero-order valence-electron chi connectivity index (χ0n) is 19.3. The van der Waals surface area contributed by atoms with Crippen LogP contribution in [-0.4, -0.2) is 37.1 Å². The topological polar surface area (TPSA) is 118 Å². The summed E-state index contributed by atoms with van der Waals surface area (Å²) in [5, 5.41) is 5.14. The zero-order chi connectivity index (χ0) is 25.3. The predicted octanol–water partition coefficient (Wildman–Crippen LogP) is 3.18. The number of hydrogen-bond acceptors (Lipinski definition) is 5. The van der Waals surface area contributed by atoms with Crippen LogP contribution in [0.4, 0.5) is 5.69 Å². The molecule has 0 radical (unpaired) electrons. The first-order valence-corrected chi connectivity index (χ1v) is 12.6. The van der Waals surface area contributed by atoms with E-state index in [2.05, 4.69) is 0 Å². The lowest BCUT2D eigenvalue weighted by molar-refractivity contribution is -0.122. The van der Waals surface area contributed by atoms with Crippen molar-refractivity contribution in [2.24, 2.45) is 5.14 Å². The van der Waals surface area contributed by atoms with Crippen LogP contribution in [0, 0.1) is 6.92 Å². The molecular weight excluding hydrogens is 466 g/mol. The molecule has 0 saturated carbocycles. The molecule has 1 aliphatic heterocycles. The molecule has 2 atom stereocenters. The Labute approximate surface area is 204 Å². The number of rotatable bonds is 6. The van der Waals surface area contributed by atoms with Crippen LogP contribution < -0.4 is 10.0 Å². The van der Waals surface area contributed by atoms with Gasteiger partial charge in [0, 0.05) is 5.56 Å². The minimum Gasteiger partial charge on any atom is -0.319 e. The summed E-state index contributed by atoms with van der Waals surface area (Å²) in [5.41, 5.74) is 2.44. The van der Waals surface area contributed by atoms with Gasteiger partial charge >= 0.3 is 0 Å². The lowest BCUT2D eigenvalue weighted by atomic mass is 10.0. The molecule has 3 aromatic carbocycles. The number of carbonyl (C=O) groups is 3. The van der Waals surface area contributed by atoms with Gasteiger partial charge in [-0.05, 0) is 55.8 Å². The molecule has 0 aromatic heterocycles. The van der Waals surface area contributed by atoms with E-state index in [1.54, 1.807) is 12.1 Å². The number of primary sulfonamides is 1. The van der Waals surface area contributed by atoms with Crippen LogP contribution in [0.5, 0.6) is 0 Å². The summed E-state index contributed by atoms with van der Waals surface area (Å²) in [6.07, 6.45) is -0.190. The highest BCUT2D eigenvalue weighted by atomic mass is 32.2. The van der Waals surface area contributed by atoms with Crippen LogP contribution in [0.2, 0.25) is 0 Å². The fourth-order valence-electron chi connectivity index (χ4n) is 4.21. The molecule has 4 rings (SSSR count). The zero-order valence-corrected chi connectivity index (χ0v) is 20.1. The summed E-state index contributed by atoms with van der Waals surface area (Å²) < 4.78 is 23.1. The molecule has 1 fully saturated rings. The van der Waals surface area contributed by atoms with Gasteiger partial charge in [0.05, 0.1) is 23.0 Å². The third-order valence-electron chi connectivity index (χ3n) is 6.11. The Morgan fingerprint density at radius 2 is 1.57 bits per heavy atom. The highest BCUT2D eigenvalue weighted by molar-refractivity contribution is 7.89. The predicted molar refractivity (Wildman–Crippen MR) is 131 cm³/mol. The number of sulfonamides is 1. The van der Waals surface area contributed by atoms with Crippen LogP contribution >= 0.6 is 0 Å². The molecule has 1 heterocycles. The maximum Gasteiger partial charge on any atom is 0.257 e. The SMILES string of the molecule is Cc1ccc(C(=O)N(C2CC(=O)N(c3ccc(S(N)(=O)=O)cc3)C2=O)C(C)c2ccccc2)cc1. The van der Waals surface area contributed by atoms with E-state index in [0.717, 1.165) is 16.0 Å². The Balaban J connectivity index is 1.71. The lowest BCUT2D eigenvalue weighted by Crippen LogP contribution is -2.46.